The van der Waals surface area contributed by atoms with Gasteiger partial charge in [0.15, 0.2) is 6.61 Å². The summed E-state index contributed by atoms with van der Waals surface area (Å²) < 4.78 is 40.3. The average Bonchev–Trinajstić information content (AvgIpc) is 2.79. The van der Waals surface area contributed by atoms with E-state index in [0.717, 1.165) is 24.5 Å². The van der Waals surface area contributed by atoms with Gasteiger partial charge in [-0.05, 0) is 24.3 Å². The van der Waals surface area contributed by atoms with Crippen LogP contribution in [-0.4, -0.2) is 31.7 Å². The number of amidine groups is 1. The highest BCUT2D eigenvalue weighted by atomic mass is 19.4. The van der Waals surface area contributed by atoms with Crippen LogP contribution in [-0.2, 0) is 0 Å². The quantitative estimate of drug-likeness (QED) is 0.882. The third-order valence-electron chi connectivity index (χ3n) is 2.20. The lowest BCUT2D eigenvalue weighted by Crippen LogP contribution is -2.20. The Hall–Kier alpha value is -1.72. The van der Waals surface area contributed by atoms with Crippen molar-refractivity contribution in [1.29, 1.82) is 0 Å². The number of benzene rings is 1. The number of aliphatic imine (C=N–C) groups is 1. The molecule has 0 aliphatic carbocycles. The lowest BCUT2D eigenvalue weighted by molar-refractivity contribution is -0.153. The maximum absolute atomic E-state index is 11.9. The molecule has 0 unspecified atom stereocenters. The molecule has 1 heterocycles. The van der Waals surface area contributed by atoms with E-state index in [9.17, 15) is 13.2 Å². The van der Waals surface area contributed by atoms with Crippen LogP contribution in [0.3, 0.4) is 0 Å². The third kappa shape index (κ3) is 3.37. The fraction of sp³-hybridized carbons (Fsp3) is 0.364. The second kappa shape index (κ2) is 4.65. The Kier molecular flexibility index (Phi) is 3.21. The largest absolute Gasteiger partial charge is 0.484 e. The van der Waals surface area contributed by atoms with Crippen molar-refractivity contribution in [3.05, 3.63) is 29.8 Å². The minimum Gasteiger partial charge on any atom is -0.484 e. The lowest BCUT2D eigenvalue weighted by Gasteiger charge is -2.09. The Bertz CT molecular complexity index is 412. The SMILES string of the molecule is FC(F)(F)COc1ccc(C2=NCCN2)cc1. The zero-order chi connectivity index (χ0) is 12.3. The Labute approximate surface area is 96.3 Å². The van der Waals surface area contributed by atoms with Gasteiger partial charge in [-0.3, -0.25) is 4.99 Å². The summed E-state index contributed by atoms with van der Waals surface area (Å²) in [6, 6.07) is 6.37. The van der Waals surface area contributed by atoms with Crippen LogP contribution >= 0.6 is 0 Å². The topological polar surface area (TPSA) is 33.6 Å². The molecule has 3 nitrogen and oxygen atoms in total. The fourth-order valence-electron chi connectivity index (χ4n) is 1.47. The molecular weight excluding hydrogens is 233 g/mol. The van der Waals surface area contributed by atoms with E-state index in [-0.39, 0.29) is 5.75 Å². The summed E-state index contributed by atoms with van der Waals surface area (Å²) in [5.41, 5.74) is 0.849. The molecule has 1 aliphatic heterocycles. The van der Waals surface area contributed by atoms with Crippen molar-refractivity contribution in [2.45, 2.75) is 6.18 Å². The van der Waals surface area contributed by atoms with Crippen LogP contribution in [0.5, 0.6) is 5.75 Å². The first kappa shape index (κ1) is 11.8. The molecule has 1 aliphatic rings. The van der Waals surface area contributed by atoms with Crippen LogP contribution in [0.1, 0.15) is 5.56 Å². The molecule has 0 fully saturated rings. The second-order valence-electron chi connectivity index (χ2n) is 3.59. The number of alkyl halides is 3. The minimum absolute atomic E-state index is 0.199. The zero-order valence-electron chi connectivity index (χ0n) is 8.92. The molecule has 1 aromatic carbocycles. The van der Waals surface area contributed by atoms with Crippen molar-refractivity contribution in [2.75, 3.05) is 19.7 Å². The number of nitrogens with one attached hydrogen (secondary N) is 1. The number of ether oxygens (including phenoxy) is 1. The van der Waals surface area contributed by atoms with Crippen molar-refractivity contribution < 1.29 is 17.9 Å². The van der Waals surface area contributed by atoms with Gasteiger partial charge in [0, 0.05) is 12.1 Å². The van der Waals surface area contributed by atoms with Crippen molar-refractivity contribution in [1.82, 2.24) is 5.32 Å². The van der Waals surface area contributed by atoms with E-state index < -0.39 is 12.8 Å². The molecule has 17 heavy (non-hydrogen) atoms. The summed E-state index contributed by atoms with van der Waals surface area (Å²) in [5, 5.41) is 3.08. The van der Waals surface area contributed by atoms with Crippen LogP contribution in [0.25, 0.3) is 0 Å². The number of hydrogen-bond donors (Lipinski definition) is 1. The van der Waals surface area contributed by atoms with Crippen molar-refractivity contribution in [2.24, 2.45) is 4.99 Å². The summed E-state index contributed by atoms with van der Waals surface area (Å²) >= 11 is 0. The molecule has 0 amide bonds. The van der Waals surface area contributed by atoms with Gasteiger partial charge in [0.2, 0.25) is 0 Å². The molecule has 92 valence electrons. The maximum atomic E-state index is 11.9. The van der Waals surface area contributed by atoms with Gasteiger partial charge in [-0.15, -0.1) is 0 Å². The van der Waals surface area contributed by atoms with Gasteiger partial charge < -0.3 is 10.1 Å². The molecule has 6 heteroatoms. The molecule has 0 spiro atoms. The van der Waals surface area contributed by atoms with Gasteiger partial charge in [-0.1, -0.05) is 0 Å². The van der Waals surface area contributed by atoms with Gasteiger partial charge in [-0.2, -0.15) is 13.2 Å². The smallest absolute Gasteiger partial charge is 0.422 e. The highest BCUT2D eigenvalue weighted by Crippen LogP contribution is 2.19. The van der Waals surface area contributed by atoms with Crippen LogP contribution in [0.15, 0.2) is 29.3 Å². The third-order valence-corrected chi connectivity index (χ3v) is 2.20. The summed E-state index contributed by atoms with van der Waals surface area (Å²) in [6.45, 7) is 0.245. The maximum Gasteiger partial charge on any atom is 0.422 e. The summed E-state index contributed by atoms with van der Waals surface area (Å²) in [5.74, 6) is 0.969. The van der Waals surface area contributed by atoms with Gasteiger partial charge in [0.05, 0.1) is 6.54 Å². The van der Waals surface area contributed by atoms with E-state index in [2.05, 4.69) is 15.0 Å². The first-order chi connectivity index (χ1) is 8.04. The van der Waals surface area contributed by atoms with E-state index in [1.807, 2.05) is 0 Å². The standard InChI is InChI=1S/C11H11F3N2O/c12-11(13,14)7-17-9-3-1-8(2-4-9)10-15-5-6-16-10/h1-4H,5-7H2,(H,15,16). The van der Waals surface area contributed by atoms with Gasteiger partial charge in [0.1, 0.15) is 11.6 Å². The Balaban J connectivity index is 1.98. The number of halogens is 3. The van der Waals surface area contributed by atoms with E-state index in [0.29, 0.717) is 0 Å². The fourth-order valence-corrected chi connectivity index (χ4v) is 1.47. The van der Waals surface area contributed by atoms with E-state index in [1.54, 1.807) is 12.1 Å². The normalized spacial score (nSPS) is 15.4. The molecule has 1 aromatic rings. The number of hydrogen-bond acceptors (Lipinski definition) is 3. The van der Waals surface area contributed by atoms with Crippen molar-refractivity contribution >= 4 is 5.84 Å². The van der Waals surface area contributed by atoms with E-state index in [1.165, 1.54) is 12.1 Å². The predicted molar refractivity (Wildman–Crippen MR) is 57.4 cm³/mol. The summed E-state index contributed by atoms with van der Waals surface area (Å²) in [6.07, 6.45) is -4.31. The molecular formula is C11H11F3N2O. The van der Waals surface area contributed by atoms with Crippen LogP contribution in [0.2, 0.25) is 0 Å². The number of nitrogens with zero attached hydrogens (tertiary/aromatic N) is 1. The number of rotatable bonds is 3. The first-order valence-corrected chi connectivity index (χ1v) is 5.13. The van der Waals surface area contributed by atoms with Crippen molar-refractivity contribution in [3.63, 3.8) is 0 Å². The second-order valence-corrected chi connectivity index (χ2v) is 3.59. The average molecular weight is 244 g/mol. The molecule has 2 rings (SSSR count). The Morgan fingerprint density at radius 1 is 1.24 bits per heavy atom. The van der Waals surface area contributed by atoms with Gasteiger partial charge in [-0.25, -0.2) is 0 Å². The predicted octanol–water partition coefficient (Wildman–Crippen LogP) is 1.98. The van der Waals surface area contributed by atoms with Crippen LogP contribution in [0, 0.1) is 0 Å². The summed E-state index contributed by atoms with van der Waals surface area (Å²) in [7, 11) is 0. The lowest BCUT2D eigenvalue weighted by atomic mass is 10.2. The molecule has 0 aromatic heterocycles. The van der Waals surface area contributed by atoms with Crippen LogP contribution in [0.4, 0.5) is 13.2 Å². The van der Waals surface area contributed by atoms with Gasteiger partial charge in [0.25, 0.3) is 0 Å². The molecule has 0 bridgehead atoms. The minimum atomic E-state index is -4.31. The first-order valence-electron chi connectivity index (χ1n) is 5.13. The van der Waals surface area contributed by atoms with E-state index in [4.69, 9.17) is 0 Å². The molecule has 0 radical (unpaired) electrons. The van der Waals surface area contributed by atoms with Crippen molar-refractivity contribution in [3.8, 4) is 5.75 Å². The monoisotopic (exact) mass is 244 g/mol. The highest BCUT2D eigenvalue weighted by molar-refractivity contribution is 5.99. The molecule has 1 N–H and O–H groups in total. The highest BCUT2D eigenvalue weighted by Gasteiger charge is 2.28. The zero-order valence-corrected chi connectivity index (χ0v) is 8.92. The van der Waals surface area contributed by atoms with Gasteiger partial charge >= 0.3 is 6.18 Å². The molecule has 0 saturated heterocycles. The molecule has 0 atom stereocenters. The Morgan fingerprint density at radius 3 is 2.47 bits per heavy atom. The Morgan fingerprint density at radius 2 is 1.94 bits per heavy atom. The van der Waals surface area contributed by atoms with Crippen LogP contribution < -0.4 is 10.1 Å². The molecule has 0 saturated carbocycles. The van der Waals surface area contributed by atoms with E-state index >= 15 is 0 Å². The summed E-state index contributed by atoms with van der Waals surface area (Å²) in [4.78, 5) is 4.21.